The van der Waals surface area contributed by atoms with E-state index in [-0.39, 0.29) is 0 Å². The van der Waals surface area contributed by atoms with E-state index in [9.17, 15) is 0 Å². The summed E-state index contributed by atoms with van der Waals surface area (Å²) in [6, 6.07) is 9.31. The molecule has 0 fully saturated rings. The van der Waals surface area contributed by atoms with Crippen LogP contribution in [-0.4, -0.2) is 14.2 Å². The highest BCUT2D eigenvalue weighted by atomic mass is 35.5. The van der Waals surface area contributed by atoms with E-state index in [2.05, 4.69) is 5.32 Å². The molecule has 2 rings (SSSR count). The first-order valence-electron chi connectivity index (χ1n) is 5.32. The molecule has 0 aliphatic carbocycles. The van der Waals surface area contributed by atoms with Gasteiger partial charge in [-0.2, -0.15) is 0 Å². The van der Waals surface area contributed by atoms with Crippen LogP contribution >= 0.6 is 11.6 Å². The first-order valence-corrected chi connectivity index (χ1v) is 5.69. The number of ether oxygens (including phenoxy) is 1. The van der Waals surface area contributed by atoms with Crippen molar-refractivity contribution in [3.05, 3.63) is 41.1 Å². The lowest BCUT2D eigenvalue weighted by Crippen LogP contribution is -2.03. The van der Waals surface area contributed by atoms with Crippen LogP contribution in [0, 0.1) is 0 Å². The van der Waals surface area contributed by atoms with Crippen LogP contribution in [0.5, 0.6) is 5.75 Å². The average Bonchev–Trinajstić information content (AvgIpc) is 2.78. The van der Waals surface area contributed by atoms with Crippen molar-refractivity contribution in [2.75, 3.05) is 14.2 Å². The second-order valence-corrected chi connectivity index (χ2v) is 4.08. The number of nitrogens with one attached hydrogen (secondary N) is 1. The quantitative estimate of drug-likeness (QED) is 0.905. The normalized spacial score (nSPS) is 10.5. The molecule has 2 aromatic rings. The summed E-state index contributed by atoms with van der Waals surface area (Å²) in [4.78, 5) is 0. The minimum absolute atomic E-state index is 0.660. The second-order valence-electron chi connectivity index (χ2n) is 3.64. The fourth-order valence-electron chi connectivity index (χ4n) is 1.66. The van der Waals surface area contributed by atoms with Gasteiger partial charge in [-0.1, -0.05) is 11.6 Å². The third-order valence-corrected chi connectivity index (χ3v) is 2.67. The Kier molecular flexibility index (Phi) is 3.71. The van der Waals surface area contributed by atoms with Gasteiger partial charge >= 0.3 is 0 Å². The molecule has 0 amide bonds. The molecule has 3 nitrogen and oxygen atoms in total. The van der Waals surface area contributed by atoms with E-state index >= 15 is 0 Å². The van der Waals surface area contributed by atoms with Gasteiger partial charge in [-0.3, -0.25) is 0 Å². The summed E-state index contributed by atoms with van der Waals surface area (Å²) in [5.74, 6) is 2.39. The van der Waals surface area contributed by atoms with Crippen LogP contribution in [-0.2, 0) is 6.54 Å². The molecule has 1 heterocycles. The van der Waals surface area contributed by atoms with Crippen LogP contribution in [0.1, 0.15) is 5.76 Å². The van der Waals surface area contributed by atoms with E-state index in [1.54, 1.807) is 13.2 Å². The van der Waals surface area contributed by atoms with Gasteiger partial charge < -0.3 is 14.5 Å². The van der Waals surface area contributed by atoms with Crippen LogP contribution in [0.15, 0.2) is 34.7 Å². The lowest BCUT2D eigenvalue weighted by Gasteiger charge is -2.06. The van der Waals surface area contributed by atoms with E-state index in [1.165, 1.54) is 0 Å². The molecule has 0 spiro atoms. The monoisotopic (exact) mass is 251 g/mol. The Morgan fingerprint density at radius 1 is 1.29 bits per heavy atom. The highest BCUT2D eigenvalue weighted by Crippen LogP contribution is 2.33. The number of hydrogen-bond acceptors (Lipinski definition) is 3. The first kappa shape index (κ1) is 12.0. The lowest BCUT2D eigenvalue weighted by molar-refractivity contribution is 0.413. The summed E-state index contributed by atoms with van der Waals surface area (Å²) in [6.07, 6.45) is 0. The van der Waals surface area contributed by atoms with E-state index in [1.807, 2.05) is 31.3 Å². The first-order chi connectivity index (χ1) is 8.24. The number of halogens is 1. The molecule has 0 aliphatic heterocycles. The fourth-order valence-corrected chi connectivity index (χ4v) is 1.84. The SMILES string of the molecule is CNCc1ccc(-c2cc(Cl)ccc2OC)o1. The summed E-state index contributed by atoms with van der Waals surface area (Å²) in [5, 5.41) is 3.70. The smallest absolute Gasteiger partial charge is 0.138 e. The van der Waals surface area contributed by atoms with Gasteiger partial charge in [0, 0.05) is 5.02 Å². The number of hydrogen-bond donors (Lipinski definition) is 1. The van der Waals surface area contributed by atoms with Crippen molar-refractivity contribution in [3.8, 4) is 17.1 Å². The predicted molar refractivity (Wildman–Crippen MR) is 68.5 cm³/mol. The van der Waals surface area contributed by atoms with Crippen molar-refractivity contribution in [2.24, 2.45) is 0 Å². The van der Waals surface area contributed by atoms with Gasteiger partial charge in [0.05, 0.1) is 19.2 Å². The Morgan fingerprint density at radius 3 is 2.82 bits per heavy atom. The van der Waals surface area contributed by atoms with Gasteiger partial charge in [-0.05, 0) is 37.4 Å². The second kappa shape index (κ2) is 5.25. The molecule has 0 saturated carbocycles. The van der Waals surface area contributed by atoms with E-state index in [0.717, 1.165) is 22.8 Å². The molecule has 1 N–H and O–H groups in total. The van der Waals surface area contributed by atoms with Crippen LogP contribution < -0.4 is 10.1 Å². The number of methoxy groups -OCH3 is 1. The maximum atomic E-state index is 5.98. The fraction of sp³-hybridized carbons (Fsp3) is 0.231. The summed E-state index contributed by atoms with van der Waals surface area (Å²) >= 11 is 5.98. The summed E-state index contributed by atoms with van der Waals surface area (Å²) < 4.78 is 11.0. The summed E-state index contributed by atoms with van der Waals surface area (Å²) in [5.41, 5.74) is 0.863. The third-order valence-electron chi connectivity index (χ3n) is 2.44. The Labute approximate surface area is 105 Å². The zero-order valence-corrected chi connectivity index (χ0v) is 10.5. The lowest BCUT2D eigenvalue weighted by atomic mass is 10.1. The molecule has 0 radical (unpaired) electrons. The molecule has 90 valence electrons. The minimum Gasteiger partial charge on any atom is -0.496 e. The molecule has 1 aromatic heterocycles. The van der Waals surface area contributed by atoms with Crippen molar-refractivity contribution in [2.45, 2.75) is 6.54 Å². The molecule has 17 heavy (non-hydrogen) atoms. The van der Waals surface area contributed by atoms with Gasteiger partial charge in [0.1, 0.15) is 17.3 Å². The van der Waals surface area contributed by atoms with Gasteiger partial charge in [0.25, 0.3) is 0 Å². The highest BCUT2D eigenvalue weighted by Gasteiger charge is 2.10. The summed E-state index contributed by atoms with van der Waals surface area (Å²) in [6.45, 7) is 0.697. The number of furan rings is 1. The Balaban J connectivity index is 2.40. The molecular weight excluding hydrogens is 238 g/mol. The van der Waals surface area contributed by atoms with Crippen LogP contribution in [0.25, 0.3) is 11.3 Å². The summed E-state index contributed by atoms with van der Waals surface area (Å²) in [7, 11) is 3.51. The van der Waals surface area contributed by atoms with Gasteiger partial charge in [0.2, 0.25) is 0 Å². The van der Waals surface area contributed by atoms with Crippen molar-refractivity contribution in [3.63, 3.8) is 0 Å². The molecule has 0 aliphatic rings. The van der Waals surface area contributed by atoms with Crippen LogP contribution in [0.2, 0.25) is 5.02 Å². The standard InChI is InChI=1S/C13H14ClNO2/c1-15-8-10-4-6-13(17-10)11-7-9(14)3-5-12(11)16-2/h3-7,15H,8H2,1-2H3. The molecule has 0 saturated heterocycles. The Hall–Kier alpha value is -1.45. The predicted octanol–water partition coefficient (Wildman–Crippen LogP) is 3.33. The maximum Gasteiger partial charge on any atom is 0.138 e. The van der Waals surface area contributed by atoms with Gasteiger partial charge in [0.15, 0.2) is 0 Å². The van der Waals surface area contributed by atoms with Gasteiger partial charge in [-0.15, -0.1) is 0 Å². The molecule has 1 aromatic carbocycles. The number of rotatable bonds is 4. The number of benzene rings is 1. The van der Waals surface area contributed by atoms with E-state index in [0.29, 0.717) is 11.6 Å². The maximum absolute atomic E-state index is 5.98. The van der Waals surface area contributed by atoms with Crippen molar-refractivity contribution < 1.29 is 9.15 Å². The van der Waals surface area contributed by atoms with Gasteiger partial charge in [-0.25, -0.2) is 0 Å². The molecule has 0 bridgehead atoms. The zero-order valence-electron chi connectivity index (χ0n) is 9.79. The van der Waals surface area contributed by atoms with Crippen LogP contribution in [0.4, 0.5) is 0 Å². The average molecular weight is 252 g/mol. The molecular formula is C13H14ClNO2. The molecule has 4 heteroatoms. The zero-order chi connectivity index (χ0) is 12.3. The van der Waals surface area contributed by atoms with Crippen molar-refractivity contribution >= 4 is 11.6 Å². The largest absolute Gasteiger partial charge is 0.496 e. The Morgan fingerprint density at radius 2 is 2.12 bits per heavy atom. The Bertz CT molecular complexity index is 508. The van der Waals surface area contributed by atoms with Crippen LogP contribution in [0.3, 0.4) is 0 Å². The van der Waals surface area contributed by atoms with E-state index < -0.39 is 0 Å². The topological polar surface area (TPSA) is 34.4 Å². The highest BCUT2D eigenvalue weighted by molar-refractivity contribution is 6.30. The molecule has 0 unspecified atom stereocenters. The van der Waals surface area contributed by atoms with Crippen molar-refractivity contribution in [1.29, 1.82) is 0 Å². The van der Waals surface area contributed by atoms with E-state index in [4.69, 9.17) is 20.8 Å². The minimum atomic E-state index is 0.660. The third kappa shape index (κ3) is 2.62. The van der Waals surface area contributed by atoms with Crippen molar-refractivity contribution in [1.82, 2.24) is 5.32 Å². The molecule has 0 atom stereocenters.